The van der Waals surface area contributed by atoms with Crippen molar-refractivity contribution in [1.29, 1.82) is 0 Å². The molecule has 9 heteroatoms. The van der Waals surface area contributed by atoms with Crippen LogP contribution >= 0.6 is 11.3 Å². The minimum Gasteiger partial charge on any atom is -0.378 e. The number of fused-ring (bicyclic) bond motifs is 2. The summed E-state index contributed by atoms with van der Waals surface area (Å²) in [5.74, 6) is 1.73. The van der Waals surface area contributed by atoms with Crippen LogP contribution in [0.3, 0.4) is 0 Å². The quantitative estimate of drug-likeness (QED) is 0.605. The molecular formula is C23H27N7OS. The number of nitrogens with zero attached hydrogens (tertiary/aromatic N) is 7. The fourth-order valence-corrected chi connectivity index (χ4v) is 5.55. The van der Waals surface area contributed by atoms with Gasteiger partial charge in [-0.05, 0) is 24.2 Å². The largest absolute Gasteiger partial charge is 0.378 e. The third kappa shape index (κ3) is 3.90. The monoisotopic (exact) mass is 449 g/mol. The molecule has 0 spiro atoms. The van der Waals surface area contributed by atoms with Crippen LogP contribution in [0, 0.1) is 0 Å². The summed E-state index contributed by atoms with van der Waals surface area (Å²) in [6.07, 6.45) is 1.94. The van der Waals surface area contributed by atoms with Crippen LogP contribution in [-0.2, 0) is 17.8 Å². The standard InChI is InChI=1S/C23H27N7OS/c1-28-4-6-29(7-5-28)15-19-25-22-20(32-19)23(30-8-10-31-11-9-30)27-21(26-22)16-2-3-17-13-24-14-18(17)12-16/h2-3,12-13H,4-11,14-15H2,1H3. The highest BCUT2D eigenvalue weighted by Gasteiger charge is 2.23. The maximum absolute atomic E-state index is 5.59. The van der Waals surface area contributed by atoms with Crippen molar-refractivity contribution in [1.82, 2.24) is 24.8 Å². The van der Waals surface area contributed by atoms with Crippen molar-refractivity contribution in [2.45, 2.75) is 13.1 Å². The molecule has 166 valence electrons. The molecule has 1 aromatic carbocycles. The molecular weight excluding hydrogens is 422 g/mol. The molecule has 6 rings (SSSR count). The zero-order valence-corrected chi connectivity index (χ0v) is 19.1. The van der Waals surface area contributed by atoms with Crippen molar-refractivity contribution < 1.29 is 4.74 Å². The van der Waals surface area contributed by atoms with Crippen molar-refractivity contribution >= 4 is 33.7 Å². The molecule has 0 amide bonds. The highest BCUT2D eigenvalue weighted by atomic mass is 32.1. The van der Waals surface area contributed by atoms with Crippen molar-refractivity contribution in [2.24, 2.45) is 4.99 Å². The second-order valence-corrected chi connectivity index (χ2v) is 9.78. The van der Waals surface area contributed by atoms with Gasteiger partial charge in [-0.1, -0.05) is 12.1 Å². The topological polar surface area (TPSA) is 70.0 Å². The van der Waals surface area contributed by atoms with Gasteiger partial charge in [0.25, 0.3) is 0 Å². The van der Waals surface area contributed by atoms with E-state index in [1.807, 2.05) is 6.21 Å². The summed E-state index contributed by atoms with van der Waals surface area (Å²) < 4.78 is 6.68. The van der Waals surface area contributed by atoms with Gasteiger partial charge in [0.1, 0.15) is 9.71 Å². The number of aliphatic imine (C=N–C) groups is 1. The minimum atomic E-state index is 0.726. The third-order valence-electron chi connectivity index (χ3n) is 6.44. The molecule has 8 nitrogen and oxygen atoms in total. The van der Waals surface area contributed by atoms with E-state index in [9.17, 15) is 0 Å². The lowest BCUT2D eigenvalue weighted by Gasteiger charge is -2.31. The maximum Gasteiger partial charge on any atom is 0.176 e. The molecule has 2 saturated heterocycles. The fraction of sp³-hybridized carbons (Fsp3) is 0.478. The van der Waals surface area contributed by atoms with E-state index in [0.29, 0.717) is 0 Å². The SMILES string of the molecule is CN1CCN(Cc2nc3nc(-c4ccc5c(c4)CN=C5)nc(N4CCOCC4)c3s2)CC1. The molecule has 0 unspecified atom stereocenters. The van der Waals surface area contributed by atoms with E-state index in [1.165, 1.54) is 11.1 Å². The Balaban J connectivity index is 1.38. The smallest absolute Gasteiger partial charge is 0.176 e. The minimum absolute atomic E-state index is 0.726. The van der Waals surface area contributed by atoms with Crippen LogP contribution < -0.4 is 4.90 Å². The number of hydrogen-bond donors (Lipinski definition) is 0. The fourth-order valence-electron chi connectivity index (χ4n) is 4.49. The number of rotatable bonds is 4. The normalized spacial score (nSPS) is 19.7. The lowest BCUT2D eigenvalue weighted by atomic mass is 10.1. The van der Waals surface area contributed by atoms with Crippen molar-refractivity contribution in [2.75, 3.05) is 64.4 Å². The number of benzene rings is 1. The first-order valence-electron chi connectivity index (χ1n) is 11.3. The third-order valence-corrected chi connectivity index (χ3v) is 7.46. The number of likely N-dealkylation sites (N-methyl/N-ethyl adjacent to an activating group) is 1. The molecule has 3 aliphatic rings. The van der Waals surface area contributed by atoms with Crippen LogP contribution in [0.5, 0.6) is 0 Å². The van der Waals surface area contributed by atoms with Gasteiger partial charge < -0.3 is 14.5 Å². The van der Waals surface area contributed by atoms with Crippen LogP contribution in [0.4, 0.5) is 5.82 Å². The zero-order chi connectivity index (χ0) is 21.5. The van der Waals surface area contributed by atoms with E-state index in [2.05, 4.69) is 44.9 Å². The van der Waals surface area contributed by atoms with Gasteiger partial charge in [-0.2, -0.15) is 0 Å². The molecule has 5 heterocycles. The van der Waals surface area contributed by atoms with E-state index in [0.717, 1.165) is 98.1 Å². The Morgan fingerprint density at radius 2 is 1.84 bits per heavy atom. The van der Waals surface area contributed by atoms with Gasteiger partial charge in [-0.3, -0.25) is 9.89 Å². The van der Waals surface area contributed by atoms with Gasteiger partial charge in [0.2, 0.25) is 0 Å². The van der Waals surface area contributed by atoms with Crippen molar-refractivity contribution in [3.63, 3.8) is 0 Å². The molecule has 2 aromatic heterocycles. The summed E-state index contributed by atoms with van der Waals surface area (Å²) >= 11 is 1.74. The summed E-state index contributed by atoms with van der Waals surface area (Å²) in [5.41, 5.74) is 4.25. The predicted octanol–water partition coefficient (Wildman–Crippen LogP) is 2.27. The molecule has 0 N–H and O–H groups in total. The van der Waals surface area contributed by atoms with Gasteiger partial charge in [-0.25, -0.2) is 15.0 Å². The molecule has 0 saturated carbocycles. The van der Waals surface area contributed by atoms with E-state index < -0.39 is 0 Å². The molecule has 0 bridgehead atoms. The second-order valence-electron chi connectivity index (χ2n) is 8.69. The number of anilines is 1. The number of aromatic nitrogens is 3. The van der Waals surface area contributed by atoms with Crippen molar-refractivity contribution in [3.8, 4) is 11.4 Å². The number of morpholine rings is 1. The number of thiazole rings is 1. The number of hydrogen-bond acceptors (Lipinski definition) is 9. The van der Waals surface area contributed by atoms with Crippen LogP contribution in [0.25, 0.3) is 21.7 Å². The molecule has 3 aromatic rings. The van der Waals surface area contributed by atoms with Gasteiger partial charge in [0.15, 0.2) is 17.3 Å². The molecule has 2 fully saturated rings. The molecule has 0 atom stereocenters. The van der Waals surface area contributed by atoms with Crippen LogP contribution in [0.15, 0.2) is 23.2 Å². The van der Waals surface area contributed by atoms with Gasteiger partial charge in [0.05, 0.1) is 26.3 Å². The highest BCUT2D eigenvalue weighted by Crippen LogP contribution is 2.33. The molecule has 0 aliphatic carbocycles. The van der Waals surface area contributed by atoms with E-state index in [1.54, 1.807) is 11.3 Å². The summed E-state index contributed by atoms with van der Waals surface area (Å²) in [6.45, 7) is 9.12. The summed E-state index contributed by atoms with van der Waals surface area (Å²) in [5, 5.41) is 1.12. The number of ether oxygens (including phenoxy) is 1. The van der Waals surface area contributed by atoms with Crippen LogP contribution in [-0.4, -0.2) is 90.5 Å². The van der Waals surface area contributed by atoms with E-state index in [4.69, 9.17) is 19.7 Å². The van der Waals surface area contributed by atoms with Gasteiger partial charge in [-0.15, -0.1) is 11.3 Å². The average molecular weight is 450 g/mol. The first kappa shape index (κ1) is 20.2. The summed E-state index contributed by atoms with van der Waals surface area (Å²) in [6, 6.07) is 6.38. The Labute approximate surface area is 191 Å². The second kappa shape index (κ2) is 8.47. The summed E-state index contributed by atoms with van der Waals surface area (Å²) in [7, 11) is 2.19. The zero-order valence-electron chi connectivity index (χ0n) is 18.3. The van der Waals surface area contributed by atoms with E-state index in [-0.39, 0.29) is 0 Å². The Hall–Kier alpha value is -2.46. The Morgan fingerprint density at radius 1 is 1.00 bits per heavy atom. The lowest BCUT2D eigenvalue weighted by molar-refractivity contribution is 0.122. The molecule has 3 aliphatic heterocycles. The summed E-state index contributed by atoms with van der Waals surface area (Å²) in [4.78, 5) is 26.5. The maximum atomic E-state index is 5.59. The molecule has 0 radical (unpaired) electrons. The van der Waals surface area contributed by atoms with Crippen LogP contribution in [0.2, 0.25) is 0 Å². The Bertz CT molecular complexity index is 1160. The highest BCUT2D eigenvalue weighted by molar-refractivity contribution is 7.19. The lowest BCUT2D eigenvalue weighted by Crippen LogP contribution is -2.43. The van der Waals surface area contributed by atoms with Crippen molar-refractivity contribution in [3.05, 3.63) is 34.3 Å². The van der Waals surface area contributed by atoms with Gasteiger partial charge in [0, 0.05) is 51.0 Å². The first-order chi connectivity index (χ1) is 15.7. The first-order valence-corrected chi connectivity index (χ1v) is 12.1. The Kier molecular flexibility index (Phi) is 5.34. The van der Waals surface area contributed by atoms with E-state index >= 15 is 0 Å². The Morgan fingerprint density at radius 3 is 2.69 bits per heavy atom. The number of piperazine rings is 1. The van der Waals surface area contributed by atoms with Crippen LogP contribution in [0.1, 0.15) is 16.1 Å². The van der Waals surface area contributed by atoms with Gasteiger partial charge >= 0.3 is 0 Å². The average Bonchev–Trinajstić information content (AvgIpc) is 3.46. The molecule has 32 heavy (non-hydrogen) atoms. The predicted molar refractivity (Wildman–Crippen MR) is 128 cm³/mol.